The second-order valence-corrected chi connectivity index (χ2v) is 10.3. The Bertz CT molecular complexity index is 999. The van der Waals surface area contributed by atoms with Crippen molar-refractivity contribution < 1.29 is 19.0 Å². The van der Waals surface area contributed by atoms with Crippen molar-refractivity contribution in [2.45, 2.75) is 63.0 Å². The highest BCUT2D eigenvalue weighted by molar-refractivity contribution is 5.79. The highest BCUT2D eigenvalue weighted by atomic mass is 19.1. The number of methoxy groups -OCH3 is 1. The van der Waals surface area contributed by atoms with E-state index in [9.17, 15) is 14.3 Å². The van der Waals surface area contributed by atoms with Gasteiger partial charge >= 0.3 is 0 Å². The number of amides is 1. The molecule has 5 nitrogen and oxygen atoms in total. The van der Waals surface area contributed by atoms with E-state index in [1.54, 1.807) is 19.2 Å². The highest BCUT2D eigenvalue weighted by Crippen LogP contribution is 2.44. The van der Waals surface area contributed by atoms with Crippen molar-refractivity contribution in [3.05, 3.63) is 59.9 Å². The average molecular weight is 483 g/mol. The first-order valence-corrected chi connectivity index (χ1v) is 13.0. The Labute approximate surface area is 208 Å². The van der Waals surface area contributed by atoms with E-state index in [0.717, 1.165) is 57.1 Å². The van der Waals surface area contributed by atoms with Crippen LogP contribution in [0.1, 0.15) is 56.9 Å². The molecule has 0 spiro atoms. The van der Waals surface area contributed by atoms with E-state index in [1.165, 1.54) is 6.07 Å². The van der Waals surface area contributed by atoms with Crippen LogP contribution in [0.25, 0.3) is 11.1 Å². The van der Waals surface area contributed by atoms with Crippen LogP contribution in [0.4, 0.5) is 4.39 Å². The monoisotopic (exact) mass is 482 g/mol. The van der Waals surface area contributed by atoms with E-state index in [4.69, 9.17) is 10.5 Å². The number of carbonyl (C=O) groups excluding carboxylic acids is 1. The summed E-state index contributed by atoms with van der Waals surface area (Å²) in [5, 5.41) is 12.4. The molecular weight excluding hydrogens is 443 g/mol. The second-order valence-electron chi connectivity index (χ2n) is 10.3. The number of nitrogens with zero attached hydrogens (tertiary/aromatic N) is 1. The smallest absolute Gasteiger partial charge is 0.225 e. The highest BCUT2D eigenvalue weighted by Gasteiger charge is 2.43. The van der Waals surface area contributed by atoms with Gasteiger partial charge in [0.05, 0.1) is 5.60 Å². The van der Waals surface area contributed by atoms with Crippen molar-refractivity contribution in [1.29, 1.82) is 0 Å². The van der Waals surface area contributed by atoms with Crippen LogP contribution >= 0.6 is 0 Å². The van der Waals surface area contributed by atoms with Gasteiger partial charge in [0.15, 0.2) is 0 Å². The minimum Gasteiger partial charge on any atom is -0.385 e. The lowest BCUT2D eigenvalue weighted by Crippen LogP contribution is -2.49. The zero-order valence-corrected chi connectivity index (χ0v) is 20.8. The molecule has 6 heteroatoms. The van der Waals surface area contributed by atoms with E-state index in [1.807, 2.05) is 35.2 Å². The summed E-state index contributed by atoms with van der Waals surface area (Å²) in [7, 11) is 1.68. The maximum absolute atomic E-state index is 14.8. The van der Waals surface area contributed by atoms with E-state index in [2.05, 4.69) is 0 Å². The number of rotatable bonds is 9. The molecule has 0 aromatic heterocycles. The normalized spacial score (nSPS) is 24.3. The van der Waals surface area contributed by atoms with Crippen molar-refractivity contribution in [2.24, 2.45) is 17.6 Å². The van der Waals surface area contributed by atoms with Crippen LogP contribution in [-0.4, -0.2) is 48.8 Å². The van der Waals surface area contributed by atoms with Crippen molar-refractivity contribution in [3.63, 3.8) is 0 Å². The molecule has 4 atom stereocenters. The molecular formula is C29H39FN2O3. The summed E-state index contributed by atoms with van der Waals surface area (Å²) in [5.41, 5.74) is 6.84. The SMILES string of the molecule is COCCCCC(O)(c1ccccc1-c1ccccc1F)C1CCCN(C(=O)C2CCC(N)C2)C1. The van der Waals surface area contributed by atoms with Crippen molar-refractivity contribution >= 4 is 5.91 Å². The summed E-state index contributed by atoms with van der Waals surface area (Å²) < 4.78 is 20.1. The summed E-state index contributed by atoms with van der Waals surface area (Å²) in [5.74, 6) is -0.276. The fraction of sp³-hybridized carbons (Fsp3) is 0.552. The Morgan fingerprint density at radius 3 is 2.57 bits per heavy atom. The predicted octanol–water partition coefficient (Wildman–Crippen LogP) is 4.86. The maximum atomic E-state index is 14.8. The van der Waals surface area contributed by atoms with E-state index < -0.39 is 5.60 Å². The minimum atomic E-state index is -1.18. The maximum Gasteiger partial charge on any atom is 0.225 e. The molecule has 0 bridgehead atoms. The number of hydrogen-bond acceptors (Lipinski definition) is 4. The Balaban J connectivity index is 1.65. The van der Waals surface area contributed by atoms with Crippen LogP contribution in [-0.2, 0) is 15.1 Å². The van der Waals surface area contributed by atoms with E-state index >= 15 is 0 Å². The molecule has 2 aromatic rings. The van der Waals surface area contributed by atoms with Crippen LogP contribution in [0.3, 0.4) is 0 Å². The molecule has 4 rings (SSSR count). The second kappa shape index (κ2) is 11.6. The zero-order valence-electron chi connectivity index (χ0n) is 20.8. The molecule has 2 fully saturated rings. The van der Waals surface area contributed by atoms with Gasteiger partial charge in [0.25, 0.3) is 0 Å². The molecule has 1 heterocycles. The quantitative estimate of drug-likeness (QED) is 0.501. The van der Waals surface area contributed by atoms with Gasteiger partial charge in [-0.15, -0.1) is 0 Å². The average Bonchev–Trinajstić information content (AvgIpc) is 3.32. The van der Waals surface area contributed by atoms with Crippen LogP contribution in [0.2, 0.25) is 0 Å². The van der Waals surface area contributed by atoms with Gasteiger partial charge in [0.1, 0.15) is 5.82 Å². The van der Waals surface area contributed by atoms with Crippen LogP contribution < -0.4 is 5.73 Å². The first-order chi connectivity index (χ1) is 16.9. The molecule has 4 unspecified atom stereocenters. The lowest BCUT2D eigenvalue weighted by molar-refractivity contribution is -0.140. The molecule has 0 radical (unpaired) electrons. The van der Waals surface area contributed by atoms with Gasteiger partial charge in [-0.25, -0.2) is 4.39 Å². The number of halogens is 1. The number of piperidine rings is 1. The number of aliphatic hydroxyl groups is 1. The van der Waals surface area contributed by atoms with Crippen molar-refractivity contribution in [2.75, 3.05) is 26.8 Å². The number of nitrogens with two attached hydrogens (primary N) is 1. The number of likely N-dealkylation sites (tertiary alicyclic amines) is 1. The molecule has 1 amide bonds. The third-order valence-electron chi connectivity index (χ3n) is 7.94. The Morgan fingerprint density at radius 2 is 1.86 bits per heavy atom. The molecule has 1 saturated carbocycles. The van der Waals surface area contributed by atoms with Gasteiger partial charge < -0.3 is 20.5 Å². The summed E-state index contributed by atoms with van der Waals surface area (Å²) in [4.78, 5) is 15.3. The van der Waals surface area contributed by atoms with E-state index in [-0.39, 0.29) is 29.6 Å². The summed E-state index contributed by atoms with van der Waals surface area (Å²) >= 11 is 0. The predicted molar refractivity (Wildman–Crippen MR) is 136 cm³/mol. The third kappa shape index (κ3) is 5.76. The lowest BCUT2D eigenvalue weighted by atomic mass is 9.72. The zero-order chi connectivity index (χ0) is 24.8. The minimum absolute atomic E-state index is 0.00996. The topological polar surface area (TPSA) is 75.8 Å². The number of hydrogen-bond donors (Lipinski definition) is 2. The van der Waals surface area contributed by atoms with Gasteiger partial charge in [-0.05, 0) is 68.6 Å². The number of carbonyl (C=O) groups is 1. The molecule has 190 valence electrons. The molecule has 1 aliphatic heterocycles. The number of benzene rings is 2. The summed E-state index contributed by atoms with van der Waals surface area (Å²) in [6, 6.07) is 14.4. The molecule has 1 saturated heterocycles. The first-order valence-electron chi connectivity index (χ1n) is 13.0. The number of unbranched alkanes of at least 4 members (excludes halogenated alkanes) is 1. The largest absolute Gasteiger partial charge is 0.385 e. The van der Waals surface area contributed by atoms with Gasteiger partial charge in [0.2, 0.25) is 5.91 Å². The van der Waals surface area contributed by atoms with Crippen LogP contribution in [0.15, 0.2) is 48.5 Å². The third-order valence-corrected chi connectivity index (χ3v) is 7.94. The van der Waals surface area contributed by atoms with Gasteiger partial charge in [-0.1, -0.05) is 42.5 Å². The summed E-state index contributed by atoms with van der Waals surface area (Å²) in [6.07, 6.45) is 6.29. The molecule has 2 aromatic carbocycles. The van der Waals surface area contributed by atoms with Crippen LogP contribution in [0.5, 0.6) is 0 Å². The Hall–Kier alpha value is -2.28. The Kier molecular flexibility index (Phi) is 8.58. The van der Waals surface area contributed by atoms with Gasteiger partial charge in [0, 0.05) is 50.2 Å². The molecule has 35 heavy (non-hydrogen) atoms. The van der Waals surface area contributed by atoms with Gasteiger partial charge in [-0.2, -0.15) is 0 Å². The van der Waals surface area contributed by atoms with E-state index in [0.29, 0.717) is 30.7 Å². The number of ether oxygens (including phenoxy) is 1. The van der Waals surface area contributed by atoms with Crippen LogP contribution in [0, 0.1) is 17.7 Å². The first kappa shape index (κ1) is 25.8. The van der Waals surface area contributed by atoms with Crippen molar-refractivity contribution in [1.82, 2.24) is 4.90 Å². The lowest BCUT2D eigenvalue weighted by Gasteiger charge is -2.44. The fourth-order valence-corrected chi connectivity index (χ4v) is 6.04. The Morgan fingerprint density at radius 1 is 1.11 bits per heavy atom. The van der Waals surface area contributed by atoms with Gasteiger partial charge in [-0.3, -0.25) is 4.79 Å². The van der Waals surface area contributed by atoms with Crippen molar-refractivity contribution in [3.8, 4) is 11.1 Å². The molecule has 1 aliphatic carbocycles. The summed E-state index contributed by atoms with van der Waals surface area (Å²) in [6.45, 7) is 1.86. The molecule has 3 N–H and O–H groups in total. The standard InChI is InChI=1S/C29H39FN2O3/c1-35-18-7-6-16-29(34,26-12-4-2-10-24(26)25-11-3-5-13-27(25)30)22-9-8-17-32(20-22)28(33)21-14-15-23(31)19-21/h2-5,10-13,21-23,34H,6-9,14-20,31H2,1H3. The fourth-order valence-electron chi connectivity index (χ4n) is 6.04. The molecule has 2 aliphatic rings.